The predicted octanol–water partition coefficient (Wildman–Crippen LogP) is 9.52. The van der Waals surface area contributed by atoms with E-state index in [2.05, 4.69) is 31.9 Å². The molecule has 1 aromatic heterocycles. The quantitative estimate of drug-likeness (QED) is 0.418. The summed E-state index contributed by atoms with van der Waals surface area (Å²) < 4.78 is 2.00. The zero-order chi connectivity index (χ0) is 25.6. The second-order valence-electron chi connectivity index (χ2n) is 12.5. The van der Waals surface area contributed by atoms with Gasteiger partial charge in [0.05, 0.1) is 11.8 Å². The molecule has 1 heterocycles. The lowest BCUT2D eigenvalue weighted by Crippen LogP contribution is -2.49. The van der Waals surface area contributed by atoms with Gasteiger partial charge in [-0.3, -0.25) is 4.68 Å². The Kier molecular flexibility index (Phi) is 9.93. The summed E-state index contributed by atoms with van der Waals surface area (Å²) in [6, 6.07) is 2.21. The Morgan fingerprint density at radius 3 is 2.43 bits per heavy atom. The van der Waals surface area contributed by atoms with Crippen molar-refractivity contribution in [3.63, 3.8) is 0 Å². The van der Waals surface area contributed by atoms with Gasteiger partial charge in [0.15, 0.2) is 0 Å². The number of rotatable bonds is 5. The lowest BCUT2D eigenvalue weighted by Gasteiger charge is -2.57. The monoisotopic (exact) mass is 483 g/mol. The number of hydrogen-bond donors (Lipinski definition) is 0. The Labute approximate surface area is 218 Å². The molecule has 8 atom stereocenters. The minimum atomic E-state index is 0. The number of nitrogens with zero attached hydrogens (tertiary/aromatic N) is 3. The molecule has 4 aliphatic rings. The average molecular weight is 484 g/mol. The summed E-state index contributed by atoms with van der Waals surface area (Å²) in [5.74, 6) is 5.92. The van der Waals surface area contributed by atoms with E-state index < -0.39 is 0 Å². The first-order valence-corrected chi connectivity index (χ1v) is 15.4. The third kappa shape index (κ3) is 5.67. The predicted molar refractivity (Wildman–Crippen MR) is 150 cm³/mol. The van der Waals surface area contributed by atoms with Gasteiger partial charge in [-0.15, -0.1) is 0 Å². The number of aromatic nitrogens is 2. The fraction of sp³-hybridized carbons (Fsp3) is 0.875. The first-order valence-electron chi connectivity index (χ1n) is 15.4. The molecule has 3 heteroatoms. The smallest absolute Gasteiger partial charge is 0.102 e. The van der Waals surface area contributed by atoms with Gasteiger partial charge in [-0.2, -0.15) is 10.4 Å². The van der Waals surface area contributed by atoms with Crippen LogP contribution in [0.3, 0.4) is 0 Å². The minimum Gasteiger partial charge on any atom is -0.271 e. The summed E-state index contributed by atoms with van der Waals surface area (Å²) >= 11 is 0. The average Bonchev–Trinajstić information content (AvgIpc) is 3.48. The van der Waals surface area contributed by atoms with Crippen molar-refractivity contribution in [1.29, 1.82) is 5.26 Å². The molecule has 7 unspecified atom stereocenters. The van der Waals surface area contributed by atoms with Crippen molar-refractivity contribution >= 4 is 0 Å². The molecule has 0 amide bonds. The molecule has 0 aromatic carbocycles. The van der Waals surface area contributed by atoms with Crippen LogP contribution >= 0.6 is 0 Å². The maximum Gasteiger partial charge on any atom is 0.102 e. The van der Waals surface area contributed by atoms with E-state index in [1.807, 2.05) is 38.6 Å². The van der Waals surface area contributed by atoms with Gasteiger partial charge in [0, 0.05) is 14.2 Å². The molecule has 0 spiro atoms. The topological polar surface area (TPSA) is 41.6 Å². The van der Waals surface area contributed by atoms with E-state index in [-0.39, 0.29) is 1.43 Å². The van der Waals surface area contributed by atoms with E-state index in [9.17, 15) is 0 Å². The van der Waals surface area contributed by atoms with Gasteiger partial charge in [-0.05, 0) is 117 Å². The number of hydrogen-bond acceptors (Lipinski definition) is 2. The van der Waals surface area contributed by atoms with Crippen molar-refractivity contribution in [3.05, 3.63) is 18.0 Å². The van der Waals surface area contributed by atoms with Crippen LogP contribution in [0.1, 0.15) is 133 Å². The van der Waals surface area contributed by atoms with E-state index in [1.165, 1.54) is 77.0 Å². The maximum absolute atomic E-state index is 9.07. The van der Waals surface area contributed by atoms with Crippen LogP contribution in [0.25, 0.3) is 0 Å². The second kappa shape index (κ2) is 12.3. The van der Waals surface area contributed by atoms with Crippen molar-refractivity contribution in [1.82, 2.24) is 9.78 Å². The van der Waals surface area contributed by atoms with Crippen LogP contribution in [-0.2, 0) is 6.54 Å². The van der Waals surface area contributed by atoms with Gasteiger partial charge in [0.2, 0.25) is 0 Å². The molecule has 4 fully saturated rings. The highest BCUT2D eigenvalue weighted by atomic mass is 15.3. The zero-order valence-corrected chi connectivity index (χ0v) is 24.2. The molecular weight excluding hydrogens is 426 g/mol. The van der Waals surface area contributed by atoms with Crippen LogP contribution in [0, 0.1) is 57.7 Å². The van der Waals surface area contributed by atoms with Crippen LogP contribution in [0.15, 0.2) is 12.4 Å². The summed E-state index contributed by atoms with van der Waals surface area (Å²) in [7, 11) is 0. The molecule has 0 N–H and O–H groups in total. The summed E-state index contributed by atoms with van der Waals surface area (Å²) in [6.07, 6.45) is 21.1. The van der Waals surface area contributed by atoms with Crippen molar-refractivity contribution in [3.8, 4) is 6.07 Å². The minimum absolute atomic E-state index is 0. The standard InChI is InChI=1S/C28H43N3.2C2H6.H2/c1-4-12-27(2)13-9-23-21(16-27)5-7-25-24(23)10-14-28(3)22(6-8-26(25)28)11-15-31-19-20(17-29)18-30-31;2*1-2;/h18-19,21-26H,4-16H2,1-3H3;2*1-2H3;1H/t21?,22?,23?,24?,25?,26?,27-,28?;;;/m0.../s1. The highest BCUT2D eigenvalue weighted by Crippen LogP contribution is 2.65. The molecule has 200 valence electrons. The largest absolute Gasteiger partial charge is 0.271 e. The molecular formula is C32H57N3. The van der Waals surface area contributed by atoms with Crippen molar-refractivity contribution in [2.45, 2.75) is 132 Å². The van der Waals surface area contributed by atoms with Crippen LogP contribution in [0.4, 0.5) is 0 Å². The molecule has 4 aliphatic carbocycles. The lowest BCUT2D eigenvalue weighted by atomic mass is 9.48. The Morgan fingerprint density at radius 2 is 1.74 bits per heavy atom. The first-order chi connectivity index (χ1) is 17.0. The van der Waals surface area contributed by atoms with Crippen LogP contribution in [-0.4, -0.2) is 9.78 Å². The fourth-order valence-electron chi connectivity index (χ4n) is 9.43. The number of fused-ring (bicyclic) bond motifs is 5. The number of aryl methyl sites for hydroxylation is 1. The lowest BCUT2D eigenvalue weighted by molar-refractivity contribution is -0.0797. The number of nitriles is 1. The SMILES string of the molecule is CC.CC.CCC[C@@]1(C)CCC2C(CCC3C2CCC2(C)C(CCn4cc(C#N)cn4)CCC32)C1.[HH]. The highest BCUT2D eigenvalue weighted by molar-refractivity contribution is 5.21. The summed E-state index contributed by atoms with van der Waals surface area (Å²) in [5, 5.41) is 13.5. The highest BCUT2D eigenvalue weighted by Gasteiger charge is 2.57. The zero-order valence-electron chi connectivity index (χ0n) is 24.2. The van der Waals surface area contributed by atoms with Gasteiger partial charge in [-0.1, -0.05) is 54.9 Å². The molecule has 0 aliphatic heterocycles. The van der Waals surface area contributed by atoms with Gasteiger partial charge in [0.25, 0.3) is 0 Å². The van der Waals surface area contributed by atoms with Crippen LogP contribution in [0.5, 0.6) is 0 Å². The van der Waals surface area contributed by atoms with Crippen LogP contribution < -0.4 is 0 Å². The summed E-state index contributed by atoms with van der Waals surface area (Å²) in [6.45, 7) is 16.6. The van der Waals surface area contributed by atoms with Crippen molar-refractivity contribution < 1.29 is 1.43 Å². The third-order valence-corrected chi connectivity index (χ3v) is 10.9. The maximum atomic E-state index is 9.07. The molecule has 35 heavy (non-hydrogen) atoms. The molecule has 4 saturated carbocycles. The third-order valence-electron chi connectivity index (χ3n) is 10.9. The van der Waals surface area contributed by atoms with E-state index in [4.69, 9.17) is 5.26 Å². The summed E-state index contributed by atoms with van der Waals surface area (Å²) in [5.41, 5.74) is 1.88. The van der Waals surface area contributed by atoms with E-state index >= 15 is 0 Å². The second-order valence-corrected chi connectivity index (χ2v) is 12.5. The molecule has 3 nitrogen and oxygen atoms in total. The normalized spacial score (nSPS) is 39.5. The van der Waals surface area contributed by atoms with E-state index in [1.54, 1.807) is 6.20 Å². The van der Waals surface area contributed by atoms with Gasteiger partial charge >= 0.3 is 0 Å². The van der Waals surface area contributed by atoms with Crippen molar-refractivity contribution in [2.24, 2.45) is 46.3 Å². The molecule has 0 radical (unpaired) electrons. The van der Waals surface area contributed by atoms with Gasteiger partial charge in [-0.25, -0.2) is 0 Å². The van der Waals surface area contributed by atoms with E-state index in [0.29, 0.717) is 16.4 Å². The first kappa shape index (κ1) is 28.3. The van der Waals surface area contributed by atoms with Crippen LogP contribution in [0.2, 0.25) is 0 Å². The Balaban J connectivity index is 0.000000871. The Morgan fingerprint density at radius 1 is 1.00 bits per heavy atom. The molecule has 0 bridgehead atoms. The molecule has 0 saturated heterocycles. The van der Waals surface area contributed by atoms with Crippen molar-refractivity contribution in [2.75, 3.05) is 0 Å². The molecule has 5 rings (SSSR count). The summed E-state index contributed by atoms with van der Waals surface area (Å²) in [4.78, 5) is 0. The van der Waals surface area contributed by atoms with Gasteiger partial charge < -0.3 is 0 Å². The fourth-order valence-corrected chi connectivity index (χ4v) is 9.43. The van der Waals surface area contributed by atoms with Gasteiger partial charge in [0.1, 0.15) is 6.07 Å². The van der Waals surface area contributed by atoms with E-state index in [0.717, 1.165) is 42.1 Å². The Bertz CT molecular complexity index is 828. The Hall–Kier alpha value is -1.30. The molecule has 1 aromatic rings.